The van der Waals surface area contributed by atoms with Crippen LogP contribution in [0.5, 0.6) is 0 Å². The van der Waals surface area contributed by atoms with Crippen LogP contribution in [-0.4, -0.2) is 5.11 Å². The van der Waals surface area contributed by atoms with E-state index in [0.29, 0.717) is 0 Å². The first-order valence-corrected chi connectivity index (χ1v) is 3.76. The van der Waals surface area contributed by atoms with Crippen LogP contribution < -0.4 is 0 Å². The lowest BCUT2D eigenvalue weighted by Gasteiger charge is -1.95. The predicted molar refractivity (Wildman–Crippen MR) is 42.8 cm³/mol. The van der Waals surface area contributed by atoms with Crippen LogP contribution in [0.1, 0.15) is 15.9 Å². The topological polar surface area (TPSA) is 20.2 Å². The van der Waals surface area contributed by atoms with Crippen LogP contribution >= 0.6 is 11.3 Å². The number of thiophene rings is 1. The van der Waals surface area contributed by atoms with E-state index in [1.807, 2.05) is 19.1 Å². The molecule has 1 nitrogen and oxygen atoms in total. The van der Waals surface area contributed by atoms with Gasteiger partial charge in [-0.05, 0) is 19.1 Å². The molecule has 0 saturated heterocycles. The van der Waals surface area contributed by atoms with Gasteiger partial charge in [-0.25, -0.2) is 0 Å². The highest BCUT2D eigenvalue weighted by atomic mass is 32.1. The molecule has 0 aliphatic carbocycles. The molecule has 0 aliphatic heterocycles. The lowest BCUT2D eigenvalue weighted by atomic mass is 10.3. The van der Waals surface area contributed by atoms with Crippen molar-refractivity contribution in [3.05, 3.63) is 21.9 Å². The number of hydrogen-bond donors (Lipinski definition) is 1. The van der Waals surface area contributed by atoms with Crippen LogP contribution in [0, 0.1) is 19.3 Å². The summed E-state index contributed by atoms with van der Waals surface area (Å²) in [5.41, 5.74) is 0. The van der Waals surface area contributed by atoms with Crippen molar-refractivity contribution in [2.45, 2.75) is 13.0 Å². The molecule has 52 valence electrons. The molecule has 1 aromatic rings. The summed E-state index contributed by atoms with van der Waals surface area (Å²) in [6, 6.07) is 3.80. The molecule has 0 spiro atoms. The normalized spacial score (nSPS) is 12.5. The van der Waals surface area contributed by atoms with Gasteiger partial charge in [0.15, 0.2) is 0 Å². The van der Waals surface area contributed by atoms with E-state index in [4.69, 9.17) is 11.5 Å². The van der Waals surface area contributed by atoms with E-state index < -0.39 is 6.10 Å². The zero-order chi connectivity index (χ0) is 7.56. The zero-order valence-corrected chi connectivity index (χ0v) is 6.48. The molecule has 0 bridgehead atoms. The molecule has 0 amide bonds. The Balaban J connectivity index is 2.87. The van der Waals surface area contributed by atoms with Gasteiger partial charge in [-0.15, -0.1) is 17.8 Å². The second-order valence-corrected chi connectivity index (χ2v) is 3.34. The highest BCUT2D eigenvalue weighted by Crippen LogP contribution is 2.21. The van der Waals surface area contributed by atoms with Crippen molar-refractivity contribution in [2.75, 3.05) is 0 Å². The van der Waals surface area contributed by atoms with Crippen molar-refractivity contribution in [3.63, 3.8) is 0 Å². The Hall–Kier alpha value is -0.780. The Morgan fingerprint density at radius 3 is 2.80 bits per heavy atom. The standard InChI is InChI=1S/C8H8OS/c1-3-7(9)8-5-4-6(2)10-8/h1,4-5,7,9H,2H3/t7-/m0/s1. The van der Waals surface area contributed by atoms with Crippen molar-refractivity contribution < 1.29 is 5.11 Å². The first kappa shape index (κ1) is 7.33. The highest BCUT2D eigenvalue weighted by molar-refractivity contribution is 7.12. The van der Waals surface area contributed by atoms with Gasteiger partial charge in [0, 0.05) is 9.75 Å². The first-order valence-electron chi connectivity index (χ1n) is 2.94. The van der Waals surface area contributed by atoms with Crippen molar-refractivity contribution in [2.24, 2.45) is 0 Å². The summed E-state index contributed by atoms with van der Waals surface area (Å²) in [5.74, 6) is 2.26. The van der Waals surface area contributed by atoms with Gasteiger partial charge in [0.05, 0.1) is 0 Å². The smallest absolute Gasteiger partial charge is 0.149 e. The van der Waals surface area contributed by atoms with Gasteiger partial charge in [0.2, 0.25) is 0 Å². The van der Waals surface area contributed by atoms with Gasteiger partial charge in [-0.2, -0.15) is 0 Å². The fourth-order valence-corrected chi connectivity index (χ4v) is 1.51. The van der Waals surface area contributed by atoms with Crippen LogP contribution in [0.25, 0.3) is 0 Å². The SMILES string of the molecule is C#C[C@H](O)c1ccc(C)s1. The fraction of sp³-hybridized carbons (Fsp3) is 0.250. The summed E-state index contributed by atoms with van der Waals surface area (Å²) in [4.78, 5) is 2.02. The van der Waals surface area contributed by atoms with Gasteiger partial charge in [0.25, 0.3) is 0 Å². The molecule has 0 fully saturated rings. The average Bonchev–Trinajstić information content (AvgIpc) is 2.34. The molecule has 1 aromatic heterocycles. The van der Waals surface area contributed by atoms with Crippen LogP contribution in [0.2, 0.25) is 0 Å². The predicted octanol–water partition coefficient (Wildman–Crippen LogP) is 1.72. The number of terminal acetylenes is 1. The molecule has 0 aromatic carbocycles. The van der Waals surface area contributed by atoms with E-state index in [2.05, 4.69) is 5.92 Å². The second kappa shape index (κ2) is 2.87. The molecular formula is C8H8OS. The number of aliphatic hydroxyl groups excluding tert-OH is 1. The quantitative estimate of drug-likeness (QED) is 0.607. The molecule has 0 saturated carbocycles. The summed E-state index contributed by atoms with van der Waals surface area (Å²) in [5, 5.41) is 9.12. The van der Waals surface area contributed by atoms with Crippen LogP contribution in [0.3, 0.4) is 0 Å². The summed E-state index contributed by atoms with van der Waals surface area (Å²) < 4.78 is 0. The minimum Gasteiger partial charge on any atom is -0.375 e. The summed E-state index contributed by atoms with van der Waals surface area (Å²) >= 11 is 1.53. The second-order valence-electron chi connectivity index (χ2n) is 2.02. The van der Waals surface area contributed by atoms with Crippen LogP contribution in [0.15, 0.2) is 12.1 Å². The van der Waals surface area contributed by atoms with Crippen molar-refractivity contribution in [1.29, 1.82) is 0 Å². The number of hydrogen-bond acceptors (Lipinski definition) is 2. The van der Waals surface area contributed by atoms with Crippen molar-refractivity contribution >= 4 is 11.3 Å². The Morgan fingerprint density at radius 1 is 1.70 bits per heavy atom. The molecule has 0 aliphatic rings. The largest absolute Gasteiger partial charge is 0.375 e. The summed E-state index contributed by atoms with van der Waals surface area (Å²) in [7, 11) is 0. The van der Waals surface area contributed by atoms with E-state index in [1.54, 1.807) is 0 Å². The number of aliphatic hydroxyl groups is 1. The third-order valence-electron chi connectivity index (χ3n) is 1.19. The highest BCUT2D eigenvalue weighted by Gasteiger charge is 2.03. The van der Waals surface area contributed by atoms with E-state index >= 15 is 0 Å². The fourth-order valence-electron chi connectivity index (χ4n) is 0.683. The maximum atomic E-state index is 9.12. The minimum absolute atomic E-state index is 0.723. The van der Waals surface area contributed by atoms with Gasteiger partial charge in [0.1, 0.15) is 6.10 Å². The molecule has 0 unspecified atom stereocenters. The molecule has 10 heavy (non-hydrogen) atoms. The Kier molecular flexibility index (Phi) is 2.10. The van der Waals surface area contributed by atoms with Gasteiger partial charge in [-0.3, -0.25) is 0 Å². The molecule has 1 atom stereocenters. The van der Waals surface area contributed by atoms with E-state index in [1.165, 1.54) is 16.2 Å². The monoisotopic (exact) mass is 152 g/mol. The molecule has 2 heteroatoms. The van der Waals surface area contributed by atoms with E-state index in [9.17, 15) is 0 Å². The third kappa shape index (κ3) is 1.38. The third-order valence-corrected chi connectivity index (χ3v) is 2.24. The van der Waals surface area contributed by atoms with Crippen molar-refractivity contribution in [1.82, 2.24) is 0 Å². The summed E-state index contributed by atoms with van der Waals surface area (Å²) in [6.07, 6.45) is 4.30. The zero-order valence-electron chi connectivity index (χ0n) is 5.66. The van der Waals surface area contributed by atoms with Gasteiger partial charge >= 0.3 is 0 Å². The lowest BCUT2D eigenvalue weighted by molar-refractivity contribution is 0.242. The maximum absolute atomic E-state index is 9.12. The van der Waals surface area contributed by atoms with Crippen LogP contribution in [0.4, 0.5) is 0 Å². The van der Waals surface area contributed by atoms with E-state index in [0.717, 1.165) is 4.88 Å². The average molecular weight is 152 g/mol. The number of rotatable bonds is 1. The Labute approximate surface area is 64.3 Å². The first-order chi connectivity index (χ1) is 4.74. The molecule has 0 radical (unpaired) electrons. The van der Waals surface area contributed by atoms with Gasteiger partial charge in [-0.1, -0.05) is 5.92 Å². The van der Waals surface area contributed by atoms with Crippen molar-refractivity contribution in [3.8, 4) is 12.3 Å². The molecule has 1 rings (SSSR count). The Morgan fingerprint density at radius 2 is 2.40 bits per heavy atom. The molecule has 1 heterocycles. The van der Waals surface area contributed by atoms with Gasteiger partial charge < -0.3 is 5.11 Å². The lowest BCUT2D eigenvalue weighted by Crippen LogP contribution is -1.86. The number of aryl methyl sites for hydroxylation is 1. The molecule has 1 N–H and O–H groups in total. The Bertz CT molecular complexity index is 256. The van der Waals surface area contributed by atoms with E-state index in [-0.39, 0.29) is 0 Å². The van der Waals surface area contributed by atoms with Crippen LogP contribution in [-0.2, 0) is 0 Å². The molecular weight excluding hydrogens is 144 g/mol. The maximum Gasteiger partial charge on any atom is 0.149 e. The summed E-state index contributed by atoms with van der Waals surface area (Å²) in [6.45, 7) is 1.98. The minimum atomic E-state index is -0.723.